The van der Waals surface area contributed by atoms with E-state index in [2.05, 4.69) is 76.9 Å². The van der Waals surface area contributed by atoms with Gasteiger partial charge in [-0.15, -0.1) is 0 Å². The molecule has 0 saturated heterocycles. The number of hydrazone groups is 1. The lowest BCUT2D eigenvalue weighted by molar-refractivity contribution is -0.0190. The second kappa shape index (κ2) is 8.23. The zero-order valence-corrected chi connectivity index (χ0v) is 18.9. The normalized spacial score (nSPS) is 19.2. The van der Waals surface area contributed by atoms with Crippen LogP contribution in [-0.2, 0) is 0 Å². The number of fused-ring (bicyclic) bond motifs is 3. The Morgan fingerprint density at radius 2 is 1.90 bits per heavy atom. The van der Waals surface area contributed by atoms with Crippen LogP contribution in [0.4, 0.5) is 0 Å². The Labute approximate surface area is 190 Å². The van der Waals surface area contributed by atoms with Crippen molar-refractivity contribution >= 4 is 21.6 Å². The van der Waals surface area contributed by atoms with E-state index in [9.17, 15) is 0 Å². The van der Waals surface area contributed by atoms with Crippen LogP contribution in [0.2, 0.25) is 0 Å². The van der Waals surface area contributed by atoms with Gasteiger partial charge in [0.1, 0.15) is 18.1 Å². The summed E-state index contributed by atoms with van der Waals surface area (Å²) in [6, 6.07) is 22.9. The molecule has 0 fully saturated rings. The molecule has 0 aromatic heterocycles. The fraction of sp³-hybridized carbons (Fsp3) is 0.192. The molecule has 0 N–H and O–H groups in total. The minimum Gasteiger partial charge on any atom is -0.490 e. The monoisotopic (exact) mass is 474 g/mol. The second-order valence-electron chi connectivity index (χ2n) is 7.83. The van der Waals surface area contributed by atoms with Crippen LogP contribution >= 0.6 is 15.9 Å². The first-order chi connectivity index (χ1) is 15.1. The van der Waals surface area contributed by atoms with Gasteiger partial charge < -0.3 is 9.47 Å². The molecule has 3 aromatic rings. The van der Waals surface area contributed by atoms with Crippen molar-refractivity contribution in [1.82, 2.24) is 5.01 Å². The standard InChI is InChI=1S/C26H23BrN2O2/c1-3-14-30-21-11-8-18(9-12-21)23-16-24-22-15-20(27)10-13-25(22)31-26(29(24)28-23)19-6-4-17(2)5-7-19/h3-13,15,24,26H,1,14,16H2,2H3. The van der Waals surface area contributed by atoms with Crippen LogP contribution in [0.3, 0.4) is 0 Å². The number of hydrogen-bond acceptors (Lipinski definition) is 4. The molecule has 4 nitrogen and oxygen atoms in total. The predicted octanol–water partition coefficient (Wildman–Crippen LogP) is 6.56. The first kappa shape index (κ1) is 19.9. The molecule has 2 aliphatic rings. The molecule has 3 aromatic carbocycles. The van der Waals surface area contributed by atoms with Crippen molar-refractivity contribution in [3.8, 4) is 11.5 Å². The van der Waals surface area contributed by atoms with Gasteiger partial charge in [0.25, 0.3) is 0 Å². The van der Waals surface area contributed by atoms with Crippen LogP contribution in [0.1, 0.15) is 40.9 Å². The third-order valence-corrected chi connectivity index (χ3v) is 6.16. The average Bonchev–Trinajstić information content (AvgIpc) is 3.24. The first-order valence-electron chi connectivity index (χ1n) is 10.3. The fourth-order valence-corrected chi connectivity index (χ4v) is 4.46. The van der Waals surface area contributed by atoms with Crippen LogP contribution in [0.5, 0.6) is 11.5 Å². The summed E-state index contributed by atoms with van der Waals surface area (Å²) in [5.41, 5.74) is 5.63. The molecule has 0 aliphatic carbocycles. The molecule has 2 aliphatic heterocycles. The van der Waals surface area contributed by atoms with Crippen molar-refractivity contribution in [2.24, 2.45) is 5.10 Å². The highest BCUT2D eigenvalue weighted by atomic mass is 79.9. The van der Waals surface area contributed by atoms with E-state index in [1.807, 2.05) is 24.3 Å². The van der Waals surface area contributed by atoms with E-state index in [1.54, 1.807) is 6.08 Å². The molecule has 0 bridgehead atoms. The summed E-state index contributed by atoms with van der Waals surface area (Å²) >= 11 is 3.61. The number of benzene rings is 3. The van der Waals surface area contributed by atoms with Crippen molar-refractivity contribution in [2.45, 2.75) is 25.6 Å². The molecule has 31 heavy (non-hydrogen) atoms. The van der Waals surface area contributed by atoms with E-state index in [0.29, 0.717) is 6.61 Å². The summed E-state index contributed by atoms with van der Waals surface area (Å²) < 4.78 is 13.1. The summed E-state index contributed by atoms with van der Waals surface area (Å²) in [6.45, 7) is 6.28. The summed E-state index contributed by atoms with van der Waals surface area (Å²) in [5.74, 6) is 1.75. The molecule has 2 atom stereocenters. The van der Waals surface area contributed by atoms with Gasteiger partial charge in [-0.3, -0.25) is 0 Å². The number of rotatable bonds is 5. The van der Waals surface area contributed by atoms with Crippen LogP contribution in [0.15, 0.2) is 89.0 Å². The van der Waals surface area contributed by atoms with Crippen molar-refractivity contribution in [3.63, 3.8) is 0 Å². The highest BCUT2D eigenvalue weighted by Crippen LogP contribution is 2.48. The third-order valence-electron chi connectivity index (χ3n) is 5.67. The van der Waals surface area contributed by atoms with Crippen LogP contribution in [0.25, 0.3) is 0 Å². The molecule has 5 rings (SSSR count). The largest absolute Gasteiger partial charge is 0.490 e. The Hall–Kier alpha value is -3.05. The summed E-state index contributed by atoms with van der Waals surface area (Å²) in [5, 5.41) is 7.14. The van der Waals surface area contributed by atoms with Crippen LogP contribution in [-0.4, -0.2) is 17.3 Å². The third kappa shape index (κ3) is 3.86. The summed E-state index contributed by atoms with van der Waals surface area (Å²) in [4.78, 5) is 0. The number of hydrogen-bond donors (Lipinski definition) is 0. The molecular weight excluding hydrogens is 452 g/mol. The molecule has 0 saturated carbocycles. The Balaban J connectivity index is 1.51. The van der Waals surface area contributed by atoms with E-state index in [1.165, 1.54) is 5.56 Å². The quantitative estimate of drug-likeness (QED) is 0.392. The highest BCUT2D eigenvalue weighted by Gasteiger charge is 2.41. The van der Waals surface area contributed by atoms with Gasteiger partial charge in [0.15, 0.2) is 0 Å². The Kier molecular flexibility index (Phi) is 5.28. The maximum Gasteiger partial charge on any atom is 0.213 e. The lowest BCUT2D eigenvalue weighted by Crippen LogP contribution is -2.33. The molecular formula is C26H23BrN2O2. The van der Waals surface area contributed by atoms with Gasteiger partial charge >= 0.3 is 0 Å². The smallest absolute Gasteiger partial charge is 0.213 e. The Morgan fingerprint density at radius 1 is 1.13 bits per heavy atom. The van der Waals surface area contributed by atoms with Gasteiger partial charge in [-0.1, -0.05) is 58.4 Å². The zero-order chi connectivity index (χ0) is 21.4. The topological polar surface area (TPSA) is 34.1 Å². The van der Waals surface area contributed by atoms with E-state index in [4.69, 9.17) is 14.6 Å². The van der Waals surface area contributed by atoms with Crippen molar-refractivity contribution in [1.29, 1.82) is 0 Å². The van der Waals surface area contributed by atoms with Crippen LogP contribution < -0.4 is 9.47 Å². The van der Waals surface area contributed by atoms with Gasteiger partial charge in [0.2, 0.25) is 6.23 Å². The SMILES string of the molecule is C=CCOc1ccc(C2=NN3C(C2)c2cc(Br)ccc2OC3c2ccc(C)cc2)cc1. The predicted molar refractivity (Wildman–Crippen MR) is 127 cm³/mol. The minimum atomic E-state index is -0.257. The Morgan fingerprint density at radius 3 is 2.65 bits per heavy atom. The summed E-state index contributed by atoms with van der Waals surface area (Å²) in [6.07, 6.45) is 2.31. The molecule has 0 radical (unpaired) electrons. The zero-order valence-electron chi connectivity index (χ0n) is 17.3. The maximum absolute atomic E-state index is 6.44. The van der Waals surface area contributed by atoms with Gasteiger partial charge in [-0.05, 0) is 55.0 Å². The first-order valence-corrected chi connectivity index (χ1v) is 11.1. The van der Waals surface area contributed by atoms with Crippen molar-refractivity contribution in [3.05, 3.63) is 106 Å². The van der Waals surface area contributed by atoms with Gasteiger partial charge in [0, 0.05) is 22.0 Å². The number of ether oxygens (including phenoxy) is 2. The number of aryl methyl sites for hydroxylation is 1. The number of halogens is 1. The van der Waals surface area contributed by atoms with Gasteiger partial charge in [-0.25, -0.2) is 5.01 Å². The van der Waals surface area contributed by atoms with Gasteiger partial charge in [0.05, 0.1) is 11.8 Å². The average molecular weight is 475 g/mol. The highest BCUT2D eigenvalue weighted by molar-refractivity contribution is 9.10. The molecule has 5 heteroatoms. The molecule has 156 valence electrons. The van der Waals surface area contributed by atoms with Crippen molar-refractivity contribution < 1.29 is 9.47 Å². The second-order valence-corrected chi connectivity index (χ2v) is 8.75. The summed E-state index contributed by atoms with van der Waals surface area (Å²) in [7, 11) is 0. The van der Waals surface area contributed by atoms with E-state index >= 15 is 0 Å². The molecule has 2 unspecified atom stereocenters. The minimum absolute atomic E-state index is 0.124. The van der Waals surface area contributed by atoms with Crippen LogP contribution in [0, 0.1) is 6.92 Å². The van der Waals surface area contributed by atoms with E-state index in [-0.39, 0.29) is 12.3 Å². The lowest BCUT2D eigenvalue weighted by Gasteiger charge is -2.38. The van der Waals surface area contributed by atoms with E-state index < -0.39 is 0 Å². The number of nitrogens with zero attached hydrogens (tertiary/aromatic N) is 2. The van der Waals surface area contributed by atoms with Crippen molar-refractivity contribution in [2.75, 3.05) is 6.61 Å². The fourth-order valence-electron chi connectivity index (χ4n) is 4.08. The molecule has 0 spiro atoms. The molecule has 2 heterocycles. The maximum atomic E-state index is 6.44. The van der Waals surface area contributed by atoms with E-state index in [0.717, 1.165) is 44.8 Å². The lowest BCUT2D eigenvalue weighted by atomic mass is 9.96. The van der Waals surface area contributed by atoms with Gasteiger partial charge in [-0.2, -0.15) is 5.10 Å². The Bertz CT molecular complexity index is 1140. The molecule has 0 amide bonds.